The fourth-order valence-corrected chi connectivity index (χ4v) is 3.77. The third kappa shape index (κ3) is 2.32. The molecule has 0 saturated heterocycles. The van der Waals surface area contributed by atoms with Crippen LogP contribution in [0.3, 0.4) is 0 Å². The smallest absolute Gasteiger partial charge is 0.370 e. The molecule has 2 aromatic rings. The van der Waals surface area contributed by atoms with Crippen LogP contribution in [0.5, 0.6) is 0 Å². The molecular weight excluding hydrogens is 275 g/mol. The Kier molecular flexibility index (Phi) is 4.41. The summed E-state index contributed by atoms with van der Waals surface area (Å²) in [5.41, 5.74) is 0.913. The molecular formula is C15H17O4P. The van der Waals surface area contributed by atoms with Gasteiger partial charge in [0.25, 0.3) is 0 Å². The topological polar surface area (TPSA) is 55.8 Å². The Labute approximate surface area is 118 Å². The fourth-order valence-electron chi connectivity index (χ4n) is 2.16. The van der Waals surface area contributed by atoms with Gasteiger partial charge < -0.3 is 14.2 Å². The summed E-state index contributed by atoms with van der Waals surface area (Å²) in [5.74, 6) is 0. The molecule has 1 N–H and O–H groups in total. The van der Waals surface area contributed by atoms with E-state index in [9.17, 15) is 9.67 Å². The Bertz CT molecular complexity index is 550. The molecule has 0 saturated carbocycles. The standard InChI is InChI=1S/C15H17O4P/c1-18-20(17,19-2)15(16,13-9-5-3-6-10-13)14-11-7-4-8-12-14/h3-12,16H,1-2H3. The average Bonchev–Trinajstić information content (AvgIpc) is 2.54. The first-order valence-electron chi connectivity index (χ1n) is 6.13. The third-order valence-corrected chi connectivity index (χ3v) is 5.50. The second-order valence-corrected chi connectivity index (χ2v) is 6.64. The highest BCUT2D eigenvalue weighted by Crippen LogP contribution is 2.65. The van der Waals surface area contributed by atoms with Gasteiger partial charge in [0.15, 0.2) is 0 Å². The molecule has 0 atom stereocenters. The van der Waals surface area contributed by atoms with Crippen LogP contribution in [-0.2, 0) is 19.0 Å². The van der Waals surface area contributed by atoms with E-state index in [1.165, 1.54) is 14.2 Å². The SMILES string of the molecule is COP(=O)(OC)C(O)(c1ccccc1)c1ccccc1. The second-order valence-electron chi connectivity index (χ2n) is 4.27. The van der Waals surface area contributed by atoms with Gasteiger partial charge in [-0.15, -0.1) is 0 Å². The van der Waals surface area contributed by atoms with Crippen molar-refractivity contribution in [2.24, 2.45) is 0 Å². The summed E-state index contributed by atoms with van der Waals surface area (Å²) in [6, 6.07) is 17.5. The Morgan fingerprint density at radius 2 is 1.20 bits per heavy atom. The van der Waals surface area contributed by atoms with E-state index >= 15 is 0 Å². The van der Waals surface area contributed by atoms with Gasteiger partial charge in [0.05, 0.1) is 0 Å². The maximum absolute atomic E-state index is 12.9. The molecule has 5 heteroatoms. The maximum atomic E-state index is 12.9. The van der Waals surface area contributed by atoms with Gasteiger partial charge in [0.1, 0.15) is 0 Å². The van der Waals surface area contributed by atoms with Crippen molar-refractivity contribution in [1.29, 1.82) is 0 Å². The largest absolute Gasteiger partial charge is 0.370 e. The Hall–Kier alpha value is -1.45. The lowest BCUT2D eigenvalue weighted by Gasteiger charge is -2.34. The van der Waals surface area contributed by atoms with Crippen molar-refractivity contribution in [3.05, 3.63) is 71.8 Å². The highest BCUT2D eigenvalue weighted by Gasteiger charge is 2.51. The molecule has 0 fully saturated rings. The van der Waals surface area contributed by atoms with Crippen LogP contribution in [0, 0.1) is 0 Å². The number of hydrogen-bond donors (Lipinski definition) is 1. The van der Waals surface area contributed by atoms with Gasteiger partial charge in [0, 0.05) is 25.3 Å². The molecule has 0 radical (unpaired) electrons. The summed E-state index contributed by atoms with van der Waals surface area (Å²) in [5, 5.41) is 9.31. The summed E-state index contributed by atoms with van der Waals surface area (Å²) in [7, 11) is -1.26. The van der Waals surface area contributed by atoms with Crippen LogP contribution < -0.4 is 0 Å². The lowest BCUT2D eigenvalue weighted by Crippen LogP contribution is -2.28. The van der Waals surface area contributed by atoms with Gasteiger partial charge in [-0.2, -0.15) is 0 Å². The first-order valence-corrected chi connectivity index (χ1v) is 7.68. The third-order valence-electron chi connectivity index (χ3n) is 3.23. The van der Waals surface area contributed by atoms with Crippen LogP contribution in [0.2, 0.25) is 0 Å². The number of benzene rings is 2. The first kappa shape index (κ1) is 14.9. The van der Waals surface area contributed by atoms with Gasteiger partial charge in [-0.1, -0.05) is 60.7 Å². The zero-order chi connectivity index (χ0) is 14.6. The van der Waals surface area contributed by atoms with Gasteiger partial charge in [0.2, 0.25) is 5.34 Å². The average molecular weight is 292 g/mol. The molecule has 0 unspecified atom stereocenters. The van der Waals surface area contributed by atoms with Gasteiger partial charge in [-0.05, 0) is 0 Å². The summed E-state index contributed by atoms with van der Waals surface area (Å²) in [6.07, 6.45) is 0. The zero-order valence-corrected chi connectivity index (χ0v) is 12.3. The Morgan fingerprint density at radius 3 is 1.50 bits per heavy atom. The van der Waals surface area contributed by atoms with Gasteiger partial charge in [-0.25, -0.2) is 0 Å². The van der Waals surface area contributed by atoms with Crippen LogP contribution >= 0.6 is 7.60 Å². The molecule has 2 rings (SSSR count). The van der Waals surface area contributed by atoms with E-state index in [2.05, 4.69) is 0 Å². The van der Waals surface area contributed by atoms with Gasteiger partial charge >= 0.3 is 7.60 Å². The molecule has 0 aliphatic heterocycles. The Morgan fingerprint density at radius 1 is 0.850 bits per heavy atom. The first-order chi connectivity index (χ1) is 9.58. The highest BCUT2D eigenvalue weighted by atomic mass is 31.2. The predicted molar refractivity (Wildman–Crippen MR) is 77.5 cm³/mol. The van der Waals surface area contributed by atoms with E-state index in [1.54, 1.807) is 48.5 Å². The highest BCUT2D eigenvalue weighted by molar-refractivity contribution is 7.55. The monoisotopic (exact) mass is 292 g/mol. The summed E-state index contributed by atoms with van der Waals surface area (Å²) < 4.78 is 23.0. The molecule has 2 aromatic carbocycles. The fraction of sp³-hybridized carbons (Fsp3) is 0.200. The number of rotatable bonds is 5. The van der Waals surface area contributed by atoms with Crippen molar-refractivity contribution in [2.45, 2.75) is 5.34 Å². The van der Waals surface area contributed by atoms with E-state index < -0.39 is 12.9 Å². The molecule has 0 spiro atoms. The minimum Gasteiger partial charge on any atom is -0.370 e. The van der Waals surface area contributed by atoms with Crippen LogP contribution in [0.15, 0.2) is 60.7 Å². The van der Waals surface area contributed by atoms with Crippen molar-refractivity contribution in [3.8, 4) is 0 Å². The zero-order valence-electron chi connectivity index (χ0n) is 11.4. The molecule has 0 aromatic heterocycles. The predicted octanol–water partition coefficient (Wildman–Crippen LogP) is 3.37. The molecule has 0 heterocycles. The molecule has 106 valence electrons. The van der Waals surface area contributed by atoms with E-state index in [0.717, 1.165) is 0 Å². The molecule has 0 bridgehead atoms. The van der Waals surface area contributed by atoms with E-state index in [4.69, 9.17) is 9.05 Å². The van der Waals surface area contributed by atoms with E-state index in [0.29, 0.717) is 11.1 Å². The van der Waals surface area contributed by atoms with E-state index in [1.807, 2.05) is 12.1 Å². The van der Waals surface area contributed by atoms with Crippen molar-refractivity contribution in [2.75, 3.05) is 14.2 Å². The molecule has 4 nitrogen and oxygen atoms in total. The van der Waals surface area contributed by atoms with Crippen LogP contribution in [0.1, 0.15) is 11.1 Å². The maximum Gasteiger partial charge on any atom is 0.370 e. The summed E-state index contributed by atoms with van der Waals surface area (Å²) in [6.45, 7) is 0. The normalized spacial score (nSPS) is 12.3. The van der Waals surface area contributed by atoms with Gasteiger partial charge in [-0.3, -0.25) is 4.57 Å². The van der Waals surface area contributed by atoms with Crippen molar-refractivity contribution in [3.63, 3.8) is 0 Å². The molecule has 0 aliphatic carbocycles. The second kappa shape index (κ2) is 5.90. The number of hydrogen-bond acceptors (Lipinski definition) is 4. The minimum absolute atomic E-state index is 0.457. The Balaban J connectivity index is 2.71. The van der Waals surface area contributed by atoms with Crippen LogP contribution in [0.4, 0.5) is 0 Å². The minimum atomic E-state index is -3.79. The number of aliphatic hydroxyl groups is 1. The lowest BCUT2D eigenvalue weighted by molar-refractivity contribution is 0.111. The quantitative estimate of drug-likeness (QED) is 0.858. The van der Waals surface area contributed by atoms with Crippen LogP contribution in [0.25, 0.3) is 0 Å². The van der Waals surface area contributed by atoms with Crippen molar-refractivity contribution in [1.82, 2.24) is 0 Å². The summed E-state index contributed by atoms with van der Waals surface area (Å²) >= 11 is 0. The van der Waals surface area contributed by atoms with Crippen molar-refractivity contribution >= 4 is 7.60 Å². The molecule has 0 amide bonds. The molecule has 0 aliphatic rings. The lowest BCUT2D eigenvalue weighted by atomic mass is 10.0. The molecule has 20 heavy (non-hydrogen) atoms. The van der Waals surface area contributed by atoms with Crippen LogP contribution in [-0.4, -0.2) is 19.3 Å². The van der Waals surface area contributed by atoms with Crippen molar-refractivity contribution < 1.29 is 18.7 Å². The summed E-state index contributed by atoms with van der Waals surface area (Å²) in [4.78, 5) is 0. The van der Waals surface area contributed by atoms with E-state index in [-0.39, 0.29) is 0 Å².